The summed E-state index contributed by atoms with van der Waals surface area (Å²) >= 11 is 0. The van der Waals surface area contributed by atoms with Crippen molar-refractivity contribution < 1.29 is 0 Å². The summed E-state index contributed by atoms with van der Waals surface area (Å²) in [6.45, 7) is 2.45. The van der Waals surface area contributed by atoms with Gasteiger partial charge in [-0.25, -0.2) is 0 Å². The molecule has 13 heavy (non-hydrogen) atoms. The van der Waals surface area contributed by atoms with Crippen LogP contribution < -0.4 is 5.32 Å². The van der Waals surface area contributed by atoms with Crippen LogP contribution in [0.2, 0.25) is 0 Å². The monoisotopic (exact) mass is 179 g/mol. The van der Waals surface area contributed by atoms with Gasteiger partial charge in [-0.1, -0.05) is 6.92 Å². The third-order valence-corrected chi connectivity index (χ3v) is 4.89. The molecule has 4 aliphatic rings. The third kappa shape index (κ3) is 1.03. The van der Waals surface area contributed by atoms with E-state index in [9.17, 15) is 0 Å². The topological polar surface area (TPSA) is 12.0 Å². The van der Waals surface area contributed by atoms with Gasteiger partial charge in [0, 0.05) is 5.54 Å². The number of hydrogen-bond donors (Lipinski definition) is 1. The van der Waals surface area contributed by atoms with Crippen LogP contribution in [0.15, 0.2) is 0 Å². The van der Waals surface area contributed by atoms with Gasteiger partial charge in [-0.15, -0.1) is 0 Å². The smallest absolute Gasteiger partial charge is 0.0189 e. The minimum atomic E-state index is 0.554. The molecule has 0 aromatic rings. The van der Waals surface area contributed by atoms with Crippen molar-refractivity contribution in [2.24, 2.45) is 17.3 Å². The fourth-order valence-electron chi connectivity index (χ4n) is 4.96. The van der Waals surface area contributed by atoms with Gasteiger partial charge in [0.2, 0.25) is 0 Å². The second kappa shape index (κ2) is 2.31. The molecule has 3 bridgehead atoms. The first-order valence-electron chi connectivity index (χ1n) is 5.84. The van der Waals surface area contributed by atoms with Gasteiger partial charge in [0.15, 0.2) is 0 Å². The van der Waals surface area contributed by atoms with E-state index in [0.29, 0.717) is 5.54 Å². The molecular weight excluding hydrogens is 158 g/mol. The quantitative estimate of drug-likeness (QED) is 0.652. The van der Waals surface area contributed by atoms with Crippen LogP contribution in [0.25, 0.3) is 0 Å². The highest BCUT2D eigenvalue weighted by atomic mass is 15.0. The largest absolute Gasteiger partial charge is 0.314 e. The first-order chi connectivity index (χ1) is 6.15. The van der Waals surface area contributed by atoms with Gasteiger partial charge in [0.25, 0.3) is 0 Å². The SMILES string of the molecule is CNC12CC(C)CC3(CC(C3)C1)C2. The molecule has 2 unspecified atom stereocenters. The summed E-state index contributed by atoms with van der Waals surface area (Å²) in [6, 6.07) is 0. The molecule has 0 aromatic carbocycles. The molecule has 4 fully saturated rings. The van der Waals surface area contributed by atoms with Crippen LogP contribution in [0.5, 0.6) is 0 Å². The zero-order valence-electron chi connectivity index (χ0n) is 8.90. The second-order valence-corrected chi connectivity index (χ2v) is 6.20. The van der Waals surface area contributed by atoms with Crippen molar-refractivity contribution in [3.05, 3.63) is 0 Å². The first kappa shape index (κ1) is 8.28. The van der Waals surface area contributed by atoms with Crippen molar-refractivity contribution in [1.82, 2.24) is 5.32 Å². The Morgan fingerprint density at radius 2 is 1.85 bits per heavy atom. The Kier molecular flexibility index (Phi) is 1.47. The minimum Gasteiger partial charge on any atom is -0.314 e. The zero-order chi connectivity index (χ0) is 9.10. The predicted octanol–water partition coefficient (Wildman–Crippen LogP) is 2.56. The van der Waals surface area contributed by atoms with Crippen molar-refractivity contribution >= 4 is 0 Å². The van der Waals surface area contributed by atoms with Crippen molar-refractivity contribution in [1.29, 1.82) is 0 Å². The van der Waals surface area contributed by atoms with Gasteiger partial charge in [0.05, 0.1) is 0 Å². The Bertz CT molecular complexity index is 225. The van der Waals surface area contributed by atoms with Crippen LogP contribution in [-0.4, -0.2) is 12.6 Å². The van der Waals surface area contributed by atoms with E-state index >= 15 is 0 Å². The van der Waals surface area contributed by atoms with E-state index in [0.717, 1.165) is 17.3 Å². The molecule has 0 saturated heterocycles. The Balaban J connectivity index is 1.90. The number of nitrogens with one attached hydrogen (secondary N) is 1. The van der Waals surface area contributed by atoms with Crippen LogP contribution in [0, 0.1) is 17.3 Å². The lowest BCUT2D eigenvalue weighted by Gasteiger charge is -2.65. The van der Waals surface area contributed by atoms with E-state index in [1.807, 2.05) is 0 Å². The fraction of sp³-hybridized carbons (Fsp3) is 1.00. The predicted molar refractivity (Wildman–Crippen MR) is 54.6 cm³/mol. The maximum Gasteiger partial charge on any atom is 0.0189 e. The van der Waals surface area contributed by atoms with Gasteiger partial charge in [-0.3, -0.25) is 0 Å². The molecule has 0 heterocycles. The lowest BCUT2D eigenvalue weighted by Crippen LogP contribution is -2.62. The lowest BCUT2D eigenvalue weighted by molar-refractivity contribution is -0.112. The standard InChI is InChI=1S/C12H21N/c1-9-3-11-5-10(6-11)7-12(4-9,8-11)13-2/h9-10,13H,3-8H2,1-2H3. The Morgan fingerprint density at radius 3 is 2.54 bits per heavy atom. The highest BCUT2D eigenvalue weighted by Gasteiger charge is 2.58. The van der Waals surface area contributed by atoms with Gasteiger partial charge in [-0.05, 0) is 62.8 Å². The van der Waals surface area contributed by atoms with Crippen molar-refractivity contribution in [2.75, 3.05) is 7.05 Å². The summed E-state index contributed by atoms with van der Waals surface area (Å²) in [5, 5.41) is 3.63. The van der Waals surface area contributed by atoms with Crippen LogP contribution >= 0.6 is 0 Å². The third-order valence-electron chi connectivity index (χ3n) is 4.89. The molecule has 1 heteroatoms. The molecule has 4 saturated carbocycles. The van der Waals surface area contributed by atoms with Gasteiger partial charge >= 0.3 is 0 Å². The van der Waals surface area contributed by atoms with Gasteiger partial charge in [0.1, 0.15) is 0 Å². The summed E-state index contributed by atoms with van der Waals surface area (Å²) in [6.07, 6.45) is 9.02. The molecule has 1 spiro atoms. The molecule has 1 nitrogen and oxygen atoms in total. The summed E-state index contributed by atoms with van der Waals surface area (Å²) in [5.41, 5.74) is 1.35. The molecule has 0 radical (unpaired) electrons. The Morgan fingerprint density at radius 1 is 1.08 bits per heavy atom. The van der Waals surface area contributed by atoms with E-state index in [2.05, 4.69) is 19.3 Å². The molecule has 4 rings (SSSR count). The molecule has 74 valence electrons. The van der Waals surface area contributed by atoms with Crippen molar-refractivity contribution in [2.45, 2.75) is 51.0 Å². The maximum absolute atomic E-state index is 3.63. The van der Waals surface area contributed by atoms with Crippen molar-refractivity contribution in [3.63, 3.8) is 0 Å². The van der Waals surface area contributed by atoms with E-state index < -0.39 is 0 Å². The molecule has 2 atom stereocenters. The van der Waals surface area contributed by atoms with Crippen LogP contribution in [-0.2, 0) is 0 Å². The summed E-state index contributed by atoms with van der Waals surface area (Å²) in [4.78, 5) is 0. The minimum absolute atomic E-state index is 0.554. The zero-order valence-corrected chi connectivity index (χ0v) is 8.90. The molecule has 0 amide bonds. The normalized spacial score (nSPS) is 58.6. The van der Waals surface area contributed by atoms with Crippen LogP contribution in [0.1, 0.15) is 45.4 Å². The summed E-state index contributed by atoms with van der Waals surface area (Å²) in [7, 11) is 2.18. The van der Waals surface area contributed by atoms with E-state index in [4.69, 9.17) is 0 Å². The van der Waals surface area contributed by atoms with Crippen LogP contribution in [0.4, 0.5) is 0 Å². The highest BCUT2D eigenvalue weighted by molar-refractivity contribution is 5.13. The van der Waals surface area contributed by atoms with Crippen LogP contribution in [0.3, 0.4) is 0 Å². The second-order valence-electron chi connectivity index (χ2n) is 6.20. The lowest BCUT2D eigenvalue weighted by atomic mass is 9.43. The van der Waals surface area contributed by atoms with E-state index in [1.165, 1.54) is 25.7 Å². The van der Waals surface area contributed by atoms with Gasteiger partial charge in [-0.2, -0.15) is 0 Å². The van der Waals surface area contributed by atoms with Crippen molar-refractivity contribution in [3.8, 4) is 0 Å². The molecule has 4 aliphatic carbocycles. The fourth-order valence-corrected chi connectivity index (χ4v) is 4.96. The number of hydrogen-bond acceptors (Lipinski definition) is 1. The summed E-state index contributed by atoms with van der Waals surface area (Å²) < 4.78 is 0. The molecular formula is C12H21N. The highest BCUT2D eigenvalue weighted by Crippen LogP contribution is 2.65. The summed E-state index contributed by atoms with van der Waals surface area (Å²) in [5.74, 6) is 2.04. The molecule has 0 aromatic heterocycles. The van der Waals surface area contributed by atoms with E-state index in [1.54, 1.807) is 12.8 Å². The van der Waals surface area contributed by atoms with E-state index in [-0.39, 0.29) is 0 Å². The first-order valence-corrected chi connectivity index (χ1v) is 5.84. The van der Waals surface area contributed by atoms with Gasteiger partial charge < -0.3 is 5.32 Å². The Hall–Kier alpha value is -0.0400. The average molecular weight is 179 g/mol. The number of rotatable bonds is 1. The Labute approximate surface area is 81.3 Å². The molecule has 1 N–H and O–H groups in total. The average Bonchev–Trinajstić information content (AvgIpc) is 2.00. The molecule has 0 aliphatic heterocycles. The maximum atomic E-state index is 3.63.